The Morgan fingerprint density at radius 3 is 2.33 bits per heavy atom. The molecule has 0 aliphatic heterocycles. The van der Waals surface area contributed by atoms with Gasteiger partial charge in [0, 0.05) is 0 Å². The second-order valence-corrected chi connectivity index (χ2v) is 3.39. The number of nitrogens with two attached hydrogens (primary N) is 1. The first kappa shape index (κ1) is 12.0. The minimum atomic E-state index is -2.74. The Balaban J connectivity index is 2.77. The fraction of sp³-hybridized carbons (Fsp3) is 0.778. The molecule has 1 unspecified atom stereocenters. The highest BCUT2D eigenvalue weighted by molar-refractivity contribution is 4.95. The topological polar surface area (TPSA) is 64.9 Å². The molecule has 1 aromatic heterocycles. The number of halogens is 2. The van der Waals surface area contributed by atoms with Crippen molar-refractivity contribution in [3.8, 4) is 0 Å². The van der Waals surface area contributed by atoms with Crippen molar-refractivity contribution < 1.29 is 13.3 Å². The standard InChI is InChI=1S/C9H15F2N3O/c1-3-5(4-2)6(12)8-13-9(7(10)11)15-14-8/h5-7H,3-4,12H2,1-2H3. The van der Waals surface area contributed by atoms with Gasteiger partial charge in [0.05, 0.1) is 6.04 Å². The van der Waals surface area contributed by atoms with Crippen LogP contribution in [-0.4, -0.2) is 10.1 Å². The molecule has 0 amide bonds. The Kier molecular flexibility index (Phi) is 4.14. The summed E-state index contributed by atoms with van der Waals surface area (Å²) in [6.45, 7) is 3.98. The third kappa shape index (κ3) is 2.71. The predicted octanol–water partition coefficient (Wildman–Crippen LogP) is 2.44. The average Bonchev–Trinajstić information content (AvgIpc) is 2.68. The van der Waals surface area contributed by atoms with Crippen LogP contribution in [0.15, 0.2) is 4.52 Å². The van der Waals surface area contributed by atoms with Crippen molar-refractivity contribution in [1.29, 1.82) is 0 Å². The second kappa shape index (κ2) is 5.16. The van der Waals surface area contributed by atoms with Crippen LogP contribution in [-0.2, 0) is 0 Å². The lowest BCUT2D eigenvalue weighted by Gasteiger charge is -2.17. The van der Waals surface area contributed by atoms with Crippen LogP contribution >= 0.6 is 0 Å². The quantitative estimate of drug-likeness (QED) is 0.826. The maximum absolute atomic E-state index is 12.2. The molecule has 0 aliphatic rings. The third-order valence-corrected chi connectivity index (χ3v) is 2.50. The van der Waals surface area contributed by atoms with E-state index in [2.05, 4.69) is 14.7 Å². The van der Waals surface area contributed by atoms with Crippen LogP contribution in [0.25, 0.3) is 0 Å². The highest BCUT2D eigenvalue weighted by Crippen LogP contribution is 2.24. The third-order valence-electron chi connectivity index (χ3n) is 2.50. The summed E-state index contributed by atoms with van der Waals surface area (Å²) < 4.78 is 28.7. The molecule has 1 rings (SSSR count). The Bertz CT molecular complexity index is 299. The number of nitrogens with zero attached hydrogens (tertiary/aromatic N) is 2. The molecule has 15 heavy (non-hydrogen) atoms. The molecule has 0 aromatic carbocycles. The number of alkyl halides is 2. The lowest BCUT2D eigenvalue weighted by atomic mass is 9.94. The van der Waals surface area contributed by atoms with Gasteiger partial charge in [-0.05, 0) is 5.92 Å². The largest absolute Gasteiger partial charge is 0.333 e. The van der Waals surface area contributed by atoms with Crippen molar-refractivity contribution in [3.05, 3.63) is 11.7 Å². The van der Waals surface area contributed by atoms with E-state index in [1.165, 1.54) is 0 Å². The van der Waals surface area contributed by atoms with Crippen LogP contribution < -0.4 is 5.73 Å². The fourth-order valence-electron chi connectivity index (χ4n) is 1.48. The van der Waals surface area contributed by atoms with E-state index in [1.807, 2.05) is 13.8 Å². The Morgan fingerprint density at radius 2 is 1.93 bits per heavy atom. The molecule has 1 atom stereocenters. The molecule has 0 radical (unpaired) electrons. The van der Waals surface area contributed by atoms with Gasteiger partial charge in [-0.1, -0.05) is 31.8 Å². The first-order valence-corrected chi connectivity index (χ1v) is 4.97. The molecule has 0 spiro atoms. The summed E-state index contributed by atoms with van der Waals surface area (Å²) in [5, 5.41) is 3.46. The molecule has 0 bridgehead atoms. The fourth-order valence-corrected chi connectivity index (χ4v) is 1.48. The minimum Gasteiger partial charge on any atom is -0.333 e. The molecule has 6 heteroatoms. The zero-order chi connectivity index (χ0) is 11.4. The molecular formula is C9H15F2N3O. The molecule has 0 fully saturated rings. The van der Waals surface area contributed by atoms with Crippen LogP contribution in [0.2, 0.25) is 0 Å². The van der Waals surface area contributed by atoms with Crippen molar-refractivity contribution in [2.24, 2.45) is 11.7 Å². The maximum atomic E-state index is 12.2. The summed E-state index contributed by atoms with van der Waals surface area (Å²) in [7, 11) is 0. The molecular weight excluding hydrogens is 204 g/mol. The van der Waals surface area contributed by atoms with Crippen molar-refractivity contribution in [2.75, 3.05) is 0 Å². The molecule has 0 saturated heterocycles. The van der Waals surface area contributed by atoms with Gasteiger partial charge in [0.25, 0.3) is 5.89 Å². The van der Waals surface area contributed by atoms with Gasteiger partial charge in [-0.2, -0.15) is 13.8 Å². The summed E-state index contributed by atoms with van der Waals surface area (Å²) in [6, 6.07) is -0.434. The summed E-state index contributed by atoms with van der Waals surface area (Å²) in [5.74, 6) is -0.307. The van der Waals surface area contributed by atoms with Gasteiger partial charge in [-0.25, -0.2) is 0 Å². The Labute approximate surface area is 86.8 Å². The van der Waals surface area contributed by atoms with Gasteiger partial charge in [0.2, 0.25) is 0 Å². The van der Waals surface area contributed by atoms with Gasteiger partial charge >= 0.3 is 6.43 Å². The molecule has 0 aliphatic carbocycles. The number of aromatic nitrogens is 2. The maximum Gasteiger partial charge on any atom is 0.315 e. The van der Waals surface area contributed by atoms with Crippen molar-refractivity contribution in [3.63, 3.8) is 0 Å². The SMILES string of the molecule is CCC(CC)C(N)c1noc(C(F)F)n1. The normalized spacial score (nSPS) is 13.8. The highest BCUT2D eigenvalue weighted by Gasteiger charge is 2.24. The number of hydrogen-bond donors (Lipinski definition) is 1. The van der Waals surface area contributed by atoms with E-state index in [0.717, 1.165) is 12.8 Å². The summed E-state index contributed by atoms with van der Waals surface area (Å²) in [4.78, 5) is 3.57. The monoisotopic (exact) mass is 219 g/mol. The van der Waals surface area contributed by atoms with Crippen molar-refractivity contribution in [2.45, 2.75) is 39.2 Å². The van der Waals surface area contributed by atoms with Crippen molar-refractivity contribution in [1.82, 2.24) is 10.1 Å². The summed E-state index contributed by atoms with van der Waals surface area (Å²) in [6.07, 6.45) is -1.02. The molecule has 86 valence electrons. The predicted molar refractivity (Wildman–Crippen MR) is 50.3 cm³/mol. The van der Waals surface area contributed by atoms with E-state index >= 15 is 0 Å². The minimum absolute atomic E-state index is 0.166. The van der Waals surface area contributed by atoms with Gasteiger partial charge < -0.3 is 10.3 Å². The lowest BCUT2D eigenvalue weighted by Crippen LogP contribution is -2.21. The Hall–Kier alpha value is -1.04. The zero-order valence-electron chi connectivity index (χ0n) is 8.78. The van der Waals surface area contributed by atoms with E-state index in [4.69, 9.17) is 5.73 Å². The van der Waals surface area contributed by atoms with Gasteiger partial charge in [0.1, 0.15) is 0 Å². The molecule has 4 nitrogen and oxygen atoms in total. The first-order chi connectivity index (χ1) is 7.10. The molecule has 2 N–H and O–H groups in total. The second-order valence-electron chi connectivity index (χ2n) is 3.39. The Morgan fingerprint density at radius 1 is 1.33 bits per heavy atom. The zero-order valence-corrected chi connectivity index (χ0v) is 8.78. The van der Waals surface area contributed by atoms with E-state index in [-0.39, 0.29) is 11.7 Å². The highest BCUT2D eigenvalue weighted by atomic mass is 19.3. The van der Waals surface area contributed by atoms with Crippen LogP contribution in [0.3, 0.4) is 0 Å². The molecule has 1 heterocycles. The van der Waals surface area contributed by atoms with Crippen molar-refractivity contribution >= 4 is 0 Å². The van der Waals surface area contributed by atoms with E-state index < -0.39 is 18.4 Å². The number of hydrogen-bond acceptors (Lipinski definition) is 4. The smallest absolute Gasteiger partial charge is 0.315 e. The number of rotatable bonds is 5. The van der Waals surface area contributed by atoms with Crippen LogP contribution in [0.1, 0.15) is 50.9 Å². The molecule has 0 saturated carbocycles. The van der Waals surface area contributed by atoms with Gasteiger partial charge in [-0.3, -0.25) is 0 Å². The van der Waals surface area contributed by atoms with Crippen LogP contribution in [0.5, 0.6) is 0 Å². The van der Waals surface area contributed by atoms with E-state index in [9.17, 15) is 8.78 Å². The van der Waals surface area contributed by atoms with Crippen LogP contribution in [0, 0.1) is 5.92 Å². The van der Waals surface area contributed by atoms with E-state index in [1.54, 1.807) is 0 Å². The summed E-state index contributed by atoms with van der Waals surface area (Å²) >= 11 is 0. The molecule has 1 aromatic rings. The van der Waals surface area contributed by atoms with E-state index in [0.29, 0.717) is 0 Å². The lowest BCUT2D eigenvalue weighted by molar-refractivity contribution is 0.106. The van der Waals surface area contributed by atoms with Gasteiger partial charge in [-0.15, -0.1) is 0 Å². The van der Waals surface area contributed by atoms with Crippen LogP contribution in [0.4, 0.5) is 8.78 Å². The average molecular weight is 219 g/mol. The first-order valence-electron chi connectivity index (χ1n) is 4.97. The summed E-state index contributed by atoms with van der Waals surface area (Å²) in [5.41, 5.74) is 5.84. The van der Waals surface area contributed by atoms with Gasteiger partial charge in [0.15, 0.2) is 5.82 Å².